The second-order valence-electron chi connectivity index (χ2n) is 4.53. The molecular formula is C11H19NO6S. The Balaban J connectivity index is 2.52. The number of rotatable bonds is 6. The third kappa shape index (κ3) is 4.79. The van der Waals surface area contributed by atoms with Gasteiger partial charge < -0.3 is 9.84 Å². The highest BCUT2D eigenvalue weighted by molar-refractivity contribution is 7.89. The van der Waals surface area contributed by atoms with Crippen molar-refractivity contribution in [3.8, 4) is 0 Å². The highest BCUT2D eigenvalue weighted by Gasteiger charge is 2.31. The molecule has 19 heavy (non-hydrogen) atoms. The van der Waals surface area contributed by atoms with Crippen LogP contribution in [0.4, 0.5) is 0 Å². The molecule has 0 unspecified atom stereocenters. The lowest BCUT2D eigenvalue weighted by molar-refractivity contribution is -0.143. The molecule has 0 bridgehead atoms. The van der Waals surface area contributed by atoms with E-state index in [1.165, 1.54) is 11.4 Å². The molecule has 0 saturated carbocycles. The normalized spacial score (nSPS) is 21.0. The fourth-order valence-corrected chi connectivity index (χ4v) is 3.61. The molecule has 1 heterocycles. The summed E-state index contributed by atoms with van der Waals surface area (Å²) in [5.41, 5.74) is 0. The number of esters is 1. The average molecular weight is 293 g/mol. The molecule has 0 radical (unpaired) electrons. The van der Waals surface area contributed by atoms with Gasteiger partial charge in [-0.05, 0) is 19.3 Å². The molecule has 1 aliphatic rings. The van der Waals surface area contributed by atoms with Crippen molar-refractivity contribution >= 4 is 22.0 Å². The van der Waals surface area contributed by atoms with Crippen molar-refractivity contribution in [3.63, 3.8) is 0 Å². The van der Waals surface area contributed by atoms with Crippen LogP contribution >= 0.6 is 0 Å². The van der Waals surface area contributed by atoms with Gasteiger partial charge >= 0.3 is 11.9 Å². The van der Waals surface area contributed by atoms with Gasteiger partial charge in [-0.2, -0.15) is 0 Å². The van der Waals surface area contributed by atoms with Gasteiger partial charge in [0, 0.05) is 19.5 Å². The largest absolute Gasteiger partial charge is 0.481 e. The van der Waals surface area contributed by atoms with E-state index in [9.17, 15) is 18.0 Å². The fourth-order valence-electron chi connectivity index (χ4n) is 2.03. The van der Waals surface area contributed by atoms with Gasteiger partial charge in [0.25, 0.3) is 0 Å². The summed E-state index contributed by atoms with van der Waals surface area (Å²) in [4.78, 5) is 21.8. The Hall–Kier alpha value is -1.15. The number of carboxylic acids is 1. The van der Waals surface area contributed by atoms with E-state index in [0.29, 0.717) is 19.4 Å². The van der Waals surface area contributed by atoms with Crippen molar-refractivity contribution in [2.75, 3.05) is 26.0 Å². The average Bonchev–Trinajstić information content (AvgIpc) is 2.38. The first-order valence-corrected chi connectivity index (χ1v) is 7.75. The molecule has 1 saturated heterocycles. The van der Waals surface area contributed by atoms with Crippen LogP contribution in [0.15, 0.2) is 0 Å². The van der Waals surface area contributed by atoms with Crippen LogP contribution in [0.1, 0.15) is 25.7 Å². The number of ether oxygens (including phenoxy) is 1. The highest BCUT2D eigenvalue weighted by atomic mass is 32.2. The van der Waals surface area contributed by atoms with Crippen LogP contribution in [-0.2, 0) is 24.3 Å². The number of nitrogens with zero attached hydrogens (tertiary/aromatic N) is 1. The molecule has 1 rings (SSSR count). The fraction of sp³-hybridized carbons (Fsp3) is 0.818. The van der Waals surface area contributed by atoms with Crippen LogP contribution in [0.5, 0.6) is 0 Å². The van der Waals surface area contributed by atoms with Crippen molar-refractivity contribution in [1.82, 2.24) is 4.31 Å². The quantitative estimate of drug-likeness (QED) is 0.695. The topological polar surface area (TPSA) is 101 Å². The van der Waals surface area contributed by atoms with Gasteiger partial charge in [-0.3, -0.25) is 9.59 Å². The van der Waals surface area contributed by atoms with Gasteiger partial charge in [0.2, 0.25) is 10.0 Å². The van der Waals surface area contributed by atoms with E-state index < -0.39 is 27.9 Å². The molecule has 1 fully saturated rings. The minimum atomic E-state index is -3.49. The van der Waals surface area contributed by atoms with Gasteiger partial charge in [-0.25, -0.2) is 12.7 Å². The first-order valence-electron chi connectivity index (χ1n) is 6.14. The zero-order valence-electron chi connectivity index (χ0n) is 10.9. The van der Waals surface area contributed by atoms with E-state index in [0.717, 1.165) is 0 Å². The monoisotopic (exact) mass is 293 g/mol. The number of carbonyl (C=O) groups excluding carboxylic acids is 1. The number of carboxylic acid groups (broad SMARTS) is 1. The number of hydrogen-bond donors (Lipinski definition) is 1. The van der Waals surface area contributed by atoms with E-state index in [-0.39, 0.29) is 25.1 Å². The summed E-state index contributed by atoms with van der Waals surface area (Å²) in [6.45, 7) is 0.375. The Kier molecular flexibility index (Phi) is 5.74. The summed E-state index contributed by atoms with van der Waals surface area (Å²) in [6.07, 6.45) is 1.28. The van der Waals surface area contributed by atoms with Gasteiger partial charge in [0.1, 0.15) is 0 Å². The molecule has 0 aromatic carbocycles. The predicted molar refractivity (Wildman–Crippen MR) is 67.0 cm³/mol. The molecule has 0 aromatic heterocycles. The summed E-state index contributed by atoms with van der Waals surface area (Å²) in [5, 5.41) is 8.92. The van der Waals surface area contributed by atoms with Crippen LogP contribution in [0.2, 0.25) is 0 Å². The Morgan fingerprint density at radius 2 is 2.11 bits per heavy atom. The molecule has 0 spiro atoms. The van der Waals surface area contributed by atoms with Crippen LogP contribution in [0.25, 0.3) is 0 Å². The van der Waals surface area contributed by atoms with Gasteiger partial charge in [-0.1, -0.05) is 0 Å². The Bertz CT molecular complexity index is 432. The number of carbonyl (C=O) groups is 2. The zero-order chi connectivity index (χ0) is 14.5. The lowest BCUT2D eigenvalue weighted by atomic mass is 10.0. The summed E-state index contributed by atoms with van der Waals surface area (Å²) < 4.78 is 29.7. The standard InChI is InChI=1S/C11H19NO6S/c1-18-10(13)5-3-7-19(16,17)12-6-2-4-9(8-12)11(14)15/h9H,2-8H2,1H3,(H,14,15)/t9-/m1/s1. The van der Waals surface area contributed by atoms with E-state index in [1.807, 2.05) is 0 Å². The minimum absolute atomic E-state index is 0.0237. The molecule has 7 nitrogen and oxygen atoms in total. The Labute approximate surface area is 112 Å². The number of piperidine rings is 1. The Morgan fingerprint density at radius 1 is 1.42 bits per heavy atom. The lowest BCUT2D eigenvalue weighted by Gasteiger charge is -2.29. The van der Waals surface area contributed by atoms with Gasteiger partial charge in [0.05, 0.1) is 18.8 Å². The number of sulfonamides is 1. The Morgan fingerprint density at radius 3 is 2.68 bits per heavy atom. The maximum atomic E-state index is 12.0. The summed E-state index contributed by atoms with van der Waals surface area (Å²) in [5.74, 6) is -2.20. The first-order chi connectivity index (χ1) is 8.86. The lowest BCUT2D eigenvalue weighted by Crippen LogP contribution is -2.43. The smallest absolute Gasteiger partial charge is 0.307 e. The molecule has 1 aliphatic heterocycles. The van der Waals surface area contributed by atoms with Crippen LogP contribution in [0.3, 0.4) is 0 Å². The SMILES string of the molecule is COC(=O)CCCS(=O)(=O)N1CCC[C@@H](C(=O)O)C1. The van der Waals surface area contributed by atoms with Crippen LogP contribution in [-0.4, -0.2) is 55.7 Å². The number of methoxy groups -OCH3 is 1. The highest BCUT2D eigenvalue weighted by Crippen LogP contribution is 2.20. The molecule has 0 aliphatic carbocycles. The van der Waals surface area contributed by atoms with Gasteiger partial charge in [-0.15, -0.1) is 0 Å². The third-order valence-corrected chi connectivity index (χ3v) is 5.06. The molecule has 0 aromatic rings. The number of aliphatic carboxylic acids is 1. The molecule has 8 heteroatoms. The van der Waals surface area contributed by atoms with Crippen molar-refractivity contribution in [3.05, 3.63) is 0 Å². The van der Waals surface area contributed by atoms with E-state index in [2.05, 4.69) is 4.74 Å². The molecular weight excluding hydrogens is 274 g/mol. The first kappa shape index (κ1) is 15.9. The minimum Gasteiger partial charge on any atom is -0.481 e. The van der Waals surface area contributed by atoms with E-state index >= 15 is 0 Å². The van der Waals surface area contributed by atoms with E-state index in [4.69, 9.17) is 5.11 Å². The maximum absolute atomic E-state index is 12.0. The third-order valence-electron chi connectivity index (χ3n) is 3.14. The van der Waals surface area contributed by atoms with Crippen LogP contribution in [0, 0.1) is 5.92 Å². The summed E-state index contributed by atoms with van der Waals surface area (Å²) in [7, 11) is -2.24. The second kappa shape index (κ2) is 6.85. The predicted octanol–water partition coefficient (Wildman–Crippen LogP) is 0.0660. The molecule has 1 N–H and O–H groups in total. The summed E-state index contributed by atoms with van der Waals surface area (Å²) in [6, 6.07) is 0. The molecule has 110 valence electrons. The summed E-state index contributed by atoms with van der Waals surface area (Å²) >= 11 is 0. The zero-order valence-corrected chi connectivity index (χ0v) is 11.7. The van der Waals surface area contributed by atoms with Crippen molar-refractivity contribution in [2.24, 2.45) is 5.92 Å². The second-order valence-corrected chi connectivity index (χ2v) is 6.62. The van der Waals surface area contributed by atoms with Gasteiger partial charge in [0.15, 0.2) is 0 Å². The molecule has 1 atom stereocenters. The van der Waals surface area contributed by atoms with Crippen molar-refractivity contribution in [1.29, 1.82) is 0 Å². The van der Waals surface area contributed by atoms with Crippen molar-refractivity contribution in [2.45, 2.75) is 25.7 Å². The van der Waals surface area contributed by atoms with Crippen LogP contribution < -0.4 is 0 Å². The van der Waals surface area contributed by atoms with E-state index in [1.54, 1.807) is 0 Å². The molecule has 0 amide bonds. The maximum Gasteiger partial charge on any atom is 0.307 e. The van der Waals surface area contributed by atoms with Crippen molar-refractivity contribution < 1.29 is 27.9 Å². The number of hydrogen-bond acceptors (Lipinski definition) is 5.